The van der Waals surface area contributed by atoms with E-state index in [-0.39, 0.29) is 17.7 Å². The van der Waals surface area contributed by atoms with Gasteiger partial charge in [0.25, 0.3) is 0 Å². The van der Waals surface area contributed by atoms with Crippen molar-refractivity contribution >= 4 is 40.5 Å². The number of halogens is 1. The zero-order valence-electron chi connectivity index (χ0n) is 13.3. The number of amides is 1. The van der Waals surface area contributed by atoms with Crippen molar-refractivity contribution in [2.75, 3.05) is 5.32 Å². The van der Waals surface area contributed by atoms with Gasteiger partial charge in [-0.2, -0.15) is 5.10 Å². The number of aryl methyl sites for hydroxylation is 2. The maximum absolute atomic E-state index is 12.2. The number of nitrogens with zero attached hydrogens (tertiary/aromatic N) is 2. The molecule has 1 saturated carbocycles. The fourth-order valence-corrected chi connectivity index (χ4v) is 2.94. The molecule has 0 unspecified atom stereocenters. The van der Waals surface area contributed by atoms with Crippen LogP contribution in [0.15, 0.2) is 30.5 Å². The van der Waals surface area contributed by atoms with Crippen LogP contribution in [0, 0.1) is 12.8 Å². The molecule has 3 N–H and O–H groups in total. The zero-order valence-corrected chi connectivity index (χ0v) is 14.9. The van der Waals surface area contributed by atoms with Gasteiger partial charge >= 0.3 is 0 Å². The third-order valence-corrected chi connectivity index (χ3v) is 4.44. The number of nitrogens with one attached hydrogen (secondary N) is 3. The summed E-state index contributed by atoms with van der Waals surface area (Å²) >= 11 is 11.1. The Morgan fingerprint density at radius 1 is 1.33 bits per heavy atom. The van der Waals surface area contributed by atoms with Crippen LogP contribution in [0.4, 0.5) is 5.69 Å². The molecule has 0 saturated heterocycles. The van der Waals surface area contributed by atoms with Gasteiger partial charge in [0.2, 0.25) is 5.91 Å². The molecule has 0 radical (unpaired) electrons. The van der Waals surface area contributed by atoms with Gasteiger partial charge in [-0.25, -0.2) is 0 Å². The fraction of sp³-hybridized carbons (Fsp3) is 0.312. The van der Waals surface area contributed by atoms with Crippen LogP contribution in [0.3, 0.4) is 0 Å². The lowest BCUT2D eigenvalue weighted by atomic mass is 10.1. The normalized spacial score (nSPS) is 18.8. The van der Waals surface area contributed by atoms with Crippen LogP contribution in [0.5, 0.6) is 0 Å². The third-order valence-electron chi connectivity index (χ3n) is 3.99. The number of aromatic nitrogens is 2. The average Bonchev–Trinajstić information content (AvgIpc) is 3.27. The summed E-state index contributed by atoms with van der Waals surface area (Å²) < 4.78 is 1.69. The monoisotopic (exact) mass is 363 g/mol. The van der Waals surface area contributed by atoms with Crippen molar-refractivity contribution in [2.24, 2.45) is 13.0 Å². The Labute approximate surface area is 150 Å². The summed E-state index contributed by atoms with van der Waals surface area (Å²) in [5.74, 6) is 0.134. The van der Waals surface area contributed by atoms with Gasteiger partial charge in [0.05, 0.1) is 11.4 Å². The quantitative estimate of drug-likeness (QED) is 0.577. The van der Waals surface area contributed by atoms with Crippen molar-refractivity contribution in [2.45, 2.75) is 19.3 Å². The van der Waals surface area contributed by atoms with Gasteiger partial charge in [-0.05, 0) is 49.2 Å². The topological polar surface area (TPSA) is 71.0 Å². The van der Waals surface area contributed by atoms with Gasteiger partial charge in [-0.1, -0.05) is 23.7 Å². The minimum Gasteiger partial charge on any atom is -0.329 e. The van der Waals surface area contributed by atoms with Crippen LogP contribution in [-0.2, 0) is 11.8 Å². The van der Waals surface area contributed by atoms with Crippen molar-refractivity contribution in [1.29, 1.82) is 0 Å². The summed E-state index contributed by atoms with van der Waals surface area (Å²) in [7, 11) is 1.83. The highest BCUT2D eigenvalue weighted by molar-refractivity contribution is 7.80. The summed E-state index contributed by atoms with van der Waals surface area (Å²) in [5.41, 5.74) is 8.15. The first-order chi connectivity index (χ1) is 11.4. The van der Waals surface area contributed by atoms with Crippen LogP contribution in [0.1, 0.15) is 23.6 Å². The molecule has 1 aliphatic rings. The molecule has 2 atom stereocenters. The maximum Gasteiger partial charge on any atom is 0.242 e. The molecular formula is C16H18ClN5OS. The molecule has 1 aromatic carbocycles. The second-order valence-corrected chi connectivity index (χ2v) is 6.72. The molecule has 1 heterocycles. The molecule has 8 heteroatoms. The third kappa shape index (κ3) is 3.85. The maximum atomic E-state index is 12.2. The largest absolute Gasteiger partial charge is 0.329 e. The van der Waals surface area contributed by atoms with Crippen LogP contribution in [0.2, 0.25) is 5.02 Å². The van der Waals surface area contributed by atoms with E-state index in [2.05, 4.69) is 21.3 Å². The Morgan fingerprint density at radius 2 is 2.04 bits per heavy atom. The Bertz CT molecular complexity index is 773. The SMILES string of the molecule is Cc1nn(C)cc1NC(=S)NNC(=O)[C@@H]1C[C@@H]1c1ccc(Cl)cc1. The van der Waals surface area contributed by atoms with E-state index < -0.39 is 0 Å². The molecule has 24 heavy (non-hydrogen) atoms. The zero-order chi connectivity index (χ0) is 17.3. The smallest absolute Gasteiger partial charge is 0.242 e. The van der Waals surface area contributed by atoms with E-state index in [0.29, 0.717) is 10.1 Å². The molecule has 0 aliphatic heterocycles. The van der Waals surface area contributed by atoms with Crippen molar-refractivity contribution in [3.8, 4) is 0 Å². The van der Waals surface area contributed by atoms with E-state index in [1.54, 1.807) is 4.68 Å². The average molecular weight is 364 g/mol. The van der Waals surface area contributed by atoms with E-state index in [0.717, 1.165) is 23.4 Å². The summed E-state index contributed by atoms with van der Waals surface area (Å²) in [5, 5.41) is 8.24. The standard InChI is InChI=1S/C16H18ClN5OS/c1-9-14(8-22(2)21-9)18-16(24)20-19-15(23)13-7-12(13)10-3-5-11(17)6-4-10/h3-6,8,12-13H,7H2,1-2H3,(H,19,23)(H2,18,20,24)/t12-,13-/m1/s1. The van der Waals surface area contributed by atoms with E-state index in [4.69, 9.17) is 23.8 Å². The number of hydrogen-bond acceptors (Lipinski definition) is 3. The Balaban J connectivity index is 1.47. The first-order valence-electron chi connectivity index (χ1n) is 7.56. The van der Waals surface area contributed by atoms with Crippen molar-refractivity contribution < 1.29 is 4.79 Å². The highest BCUT2D eigenvalue weighted by Gasteiger charge is 2.43. The van der Waals surface area contributed by atoms with E-state index in [1.165, 1.54) is 0 Å². The van der Waals surface area contributed by atoms with Gasteiger partial charge < -0.3 is 5.32 Å². The summed E-state index contributed by atoms with van der Waals surface area (Å²) in [4.78, 5) is 12.2. The highest BCUT2D eigenvalue weighted by atomic mass is 35.5. The Hall–Kier alpha value is -2.12. The van der Waals surface area contributed by atoms with Gasteiger partial charge in [0.15, 0.2) is 5.11 Å². The van der Waals surface area contributed by atoms with Gasteiger partial charge in [0, 0.05) is 24.2 Å². The predicted molar refractivity (Wildman–Crippen MR) is 97.7 cm³/mol. The van der Waals surface area contributed by atoms with Crippen LogP contribution in [0.25, 0.3) is 0 Å². The molecule has 2 aromatic rings. The number of carbonyl (C=O) groups excluding carboxylic acids is 1. The van der Waals surface area contributed by atoms with Gasteiger partial charge in [-0.3, -0.25) is 20.3 Å². The number of rotatable bonds is 3. The summed E-state index contributed by atoms with van der Waals surface area (Å²) in [6.07, 6.45) is 2.65. The number of anilines is 1. The highest BCUT2D eigenvalue weighted by Crippen LogP contribution is 2.47. The minimum absolute atomic E-state index is 0.0402. The molecule has 1 fully saturated rings. The molecule has 1 amide bonds. The van der Waals surface area contributed by atoms with Crippen LogP contribution < -0.4 is 16.2 Å². The van der Waals surface area contributed by atoms with E-state index in [9.17, 15) is 4.79 Å². The Morgan fingerprint density at radius 3 is 2.67 bits per heavy atom. The van der Waals surface area contributed by atoms with Crippen molar-refractivity contribution in [1.82, 2.24) is 20.6 Å². The van der Waals surface area contributed by atoms with Gasteiger partial charge in [0.1, 0.15) is 0 Å². The fourth-order valence-electron chi connectivity index (χ4n) is 2.65. The number of thiocarbonyl (C=S) groups is 1. The molecular weight excluding hydrogens is 346 g/mol. The van der Waals surface area contributed by atoms with E-state index >= 15 is 0 Å². The first-order valence-corrected chi connectivity index (χ1v) is 8.35. The summed E-state index contributed by atoms with van der Waals surface area (Å²) in [6, 6.07) is 7.62. The van der Waals surface area contributed by atoms with E-state index in [1.807, 2.05) is 44.4 Å². The number of benzene rings is 1. The first kappa shape index (κ1) is 16.7. The second-order valence-electron chi connectivity index (χ2n) is 5.87. The Kier molecular flexibility index (Phi) is 4.73. The summed E-state index contributed by atoms with van der Waals surface area (Å²) in [6.45, 7) is 1.88. The van der Waals surface area contributed by atoms with Crippen molar-refractivity contribution in [3.63, 3.8) is 0 Å². The molecule has 6 nitrogen and oxygen atoms in total. The molecule has 1 aromatic heterocycles. The molecule has 1 aliphatic carbocycles. The second kappa shape index (κ2) is 6.78. The van der Waals surface area contributed by atoms with Crippen LogP contribution in [-0.4, -0.2) is 20.8 Å². The number of carbonyl (C=O) groups is 1. The minimum atomic E-state index is -0.0676. The molecule has 3 rings (SSSR count). The van der Waals surface area contributed by atoms with Crippen LogP contribution >= 0.6 is 23.8 Å². The lowest BCUT2D eigenvalue weighted by Gasteiger charge is -2.11. The molecule has 126 valence electrons. The number of hydrogen-bond donors (Lipinski definition) is 3. The molecule has 0 spiro atoms. The molecule has 0 bridgehead atoms. The number of hydrazine groups is 1. The van der Waals surface area contributed by atoms with Crippen molar-refractivity contribution in [3.05, 3.63) is 46.7 Å². The van der Waals surface area contributed by atoms with Gasteiger partial charge in [-0.15, -0.1) is 0 Å². The lowest BCUT2D eigenvalue weighted by Crippen LogP contribution is -2.44. The predicted octanol–water partition coefficient (Wildman–Crippen LogP) is 2.50. The lowest BCUT2D eigenvalue weighted by molar-refractivity contribution is -0.122.